The van der Waals surface area contributed by atoms with Crippen LogP contribution in [0.1, 0.15) is 0 Å². The molecule has 0 saturated carbocycles. The van der Waals surface area contributed by atoms with Gasteiger partial charge in [0.2, 0.25) is 5.95 Å². The fourth-order valence-electron chi connectivity index (χ4n) is 7.65. The molecule has 0 unspecified atom stereocenters. The van der Waals surface area contributed by atoms with Gasteiger partial charge in [-0.2, -0.15) is 9.97 Å². The largest absolute Gasteiger partial charge is 0.307 e. The van der Waals surface area contributed by atoms with E-state index in [4.69, 9.17) is 15.0 Å². The Bertz CT molecular complexity index is 3060. The summed E-state index contributed by atoms with van der Waals surface area (Å²) in [6, 6.07) is 51.0. The Hall–Kier alpha value is -6.70. The van der Waals surface area contributed by atoms with Crippen LogP contribution in [0.4, 0.5) is 0 Å². The van der Waals surface area contributed by atoms with E-state index in [1.54, 1.807) is 11.3 Å². The first-order valence-corrected chi connectivity index (χ1v) is 17.7. The molecule has 51 heavy (non-hydrogen) atoms. The van der Waals surface area contributed by atoms with Gasteiger partial charge in [0.25, 0.3) is 0 Å². The van der Waals surface area contributed by atoms with E-state index >= 15 is 0 Å². The highest BCUT2D eigenvalue weighted by Crippen LogP contribution is 2.39. The lowest BCUT2D eigenvalue weighted by Crippen LogP contribution is -2.07. The number of benzene rings is 6. The maximum absolute atomic E-state index is 5.32. The highest BCUT2D eigenvalue weighted by molar-refractivity contribution is 7.25. The third-order valence-corrected chi connectivity index (χ3v) is 11.1. The topological polar surface area (TPSA) is 61.4 Å². The van der Waals surface area contributed by atoms with E-state index in [0.717, 1.165) is 55.0 Å². The molecule has 0 bridgehead atoms. The van der Waals surface area contributed by atoms with Gasteiger partial charge in [0.1, 0.15) is 0 Å². The summed E-state index contributed by atoms with van der Waals surface area (Å²) in [7, 11) is 0. The highest BCUT2D eigenvalue weighted by atomic mass is 32.1. The van der Waals surface area contributed by atoms with Crippen LogP contribution in [-0.2, 0) is 0 Å². The van der Waals surface area contributed by atoms with Crippen LogP contribution in [0.5, 0.6) is 0 Å². The molecule has 0 aliphatic rings. The number of aromatic nitrogens is 6. The lowest BCUT2D eigenvalue weighted by molar-refractivity contribution is 0.952. The van der Waals surface area contributed by atoms with Crippen LogP contribution in [0.25, 0.3) is 98.2 Å². The third kappa shape index (κ3) is 4.22. The van der Waals surface area contributed by atoms with Gasteiger partial charge in [0.15, 0.2) is 11.6 Å². The molecule has 7 heteroatoms. The summed E-state index contributed by atoms with van der Waals surface area (Å²) in [5.41, 5.74) is 7.02. The van der Waals surface area contributed by atoms with E-state index in [1.165, 1.54) is 25.6 Å². The fraction of sp³-hybridized carbons (Fsp3) is 0. The molecule has 0 atom stereocenters. The van der Waals surface area contributed by atoms with Gasteiger partial charge in [-0.15, -0.1) is 11.3 Å². The molecule has 0 spiro atoms. The number of pyridine rings is 1. The quantitative estimate of drug-likeness (QED) is 0.187. The van der Waals surface area contributed by atoms with Crippen molar-refractivity contribution >= 4 is 75.1 Å². The average Bonchev–Trinajstić information content (AvgIpc) is 3.85. The van der Waals surface area contributed by atoms with Gasteiger partial charge >= 0.3 is 0 Å². The molecule has 5 heterocycles. The van der Waals surface area contributed by atoms with E-state index in [9.17, 15) is 0 Å². The summed E-state index contributed by atoms with van der Waals surface area (Å²) in [4.78, 5) is 20.4. The van der Waals surface area contributed by atoms with Crippen molar-refractivity contribution in [2.75, 3.05) is 0 Å². The summed E-state index contributed by atoms with van der Waals surface area (Å²) < 4.78 is 6.95. The standard InChI is InChI=1S/C44H26N6S/c1-6-16-35-30(13-1)31-23-24-45-26-39(31)49(35)38-19-9-4-15-33(38)43-46-42(27-21-22-41-34(25-27)32-14-5-10-20-40(32)51-41)47-44(48-43)50-36-17-7-2-11-28(36)29-12-3-8-18-37(29)50/h1-26H. The molecule has 6 nitrogen and oxygen atoms in total. The normalized spacial score (nSPS) is 11.9. The van der Waals surface area contributed by atoms with Crippen LogP contribution in [0.15, 0.2) is 158 Å². The Morgan fingerprint density at radius 2 is 1.02 bits per heavy atom. The van der Waals surface area contributed by atoms with Crippen LogP contribution in [0.3, 0.4) is 0 Å². The number of hydrogen-bond acceptors (Lipinski definition) is 5. The van der Waals surface area contributed by atoms with Crippen molar-refractivity contribution in [2.45, 2.75) is 0 Å². The Morgan fingerprint density at radius 3 is 1.78 bits per heavy atom. The monoisotopic (exact) mass is 670 g/mol. The van der Waals surface area contributed by atoms with Gasteiger partial charge in [-0.3, -0.25) is 9.55 Å². The molecule has 5 aromatic heterocycles. The second kappa shape index (κ2) is 10.9. The predicted molar refractivity (Wildman–Crippen MR) is 210 cm³/mol. The van der Waals surface area contributed by atoms with Gasteiger partial charge in [-0.1, -0.05) is 84.9 Å². The SMILES string of the molecule is c1ccc(-n2c3ccccc3c3ccncc32)c(-c2nc(-c3ccc4sc5ccccc5c4c3)nc(-n3c4ccccc4c4ccccc43)n2)c1. The molecule has 0 aliphatic heterocycles. The van der Waals surface area contributed by atoms with Crippen molar-refractivity contribution < 1.29 is 0 Å². The molecule has 11 rings (SSSR count). The molecule has 0 aliphatic carbocycles. The second-order valence-corrected chi connectivity index (χ2v) is 13.8. The molecular weight excluding hydrogens is 645 g/mol. The zero-order valence-electron chi connectivity index (χ0n) is 27.1. The minimum Gasteiger partial charge on any atom is -0.307 e. The molecular formula is C44H26N6S. The molecule has 0 radical (unpaired) electrons. The summed E-state index contributed by atoms with van der Waals surface area (Å²) in [6.07, 6.45) is 3.80. The van der Waals surface area contributed by atoms with Gasteiger partial charge in [0.05, 0.1) is 34.0 Å². The minimum absolute atomic E-state index is 0.571. The summed E-state index contributed by atoms with van der Waals surface area (Å²) in [5, 5.41) is 7.06. The van der Waals surface area contributed by atoms with Crippen molar-refractivity contribution in [3.63, 3.8) is 0 Å². The fourth-order valence-corrected chi connectivity index (χ4v) is 8.74. The Morgan fingerprint density at radius 1 is 0.431 bits per heavy atom. The van der Waals surface area contributed by atoms with Crippen molar-refractivity contribution in [2.24, 2.45) is 0 Å². The maximum atomic E-state index is 5.32. The highest BCUT2D eigenvalue weighted by Gasteiger charge is 2.21. The number of hydrogen-bond donors (Lipinski definition) is 0. The molecule has 0 N–H and O–H groups in total. The van der Waals surface area contributed by atoms with Crippen molar-refractivity contribution in [3.05, 3.63) is 158 Å². The molecule has 0 fully saturated rings. The maximum Gasteiger partial charge on any atom is 0.238 e. The summed E-state index contributed by atoms with van der Waals surface area (Å²) in [5.74, 6) is 1.78. The first-order valence-electron chi connectivity index (χ1n) is 16.9. The predicted octanol–water partition coefficient (Wildman–Crippen LogP) is 11.2. The van der Waals surface area contributed by atoms with Crippen molar-refractivity contribution in [1.82, 2.24) is 29.1 Å². The molecule has 0 saturated heterocycles. The van der Waals surface area contributed by atoms with Crippen LogP contribution in [-0.4, -0.2) is 29.1 Å². The Balaban J connectivity index is 1.22. The second-order valence-electron chi connectivity index (χ2n) is 12.7. The number of nitrogens with zero attached hydrogens (tertiary/aromatic N) is 6. The van der Waals surface area contributed by atoms with Gasteiger partial charge < -0.3 is 4.57 Å². The summed E-state index contributed by atoms with van der Waals surface area (Å²) in [6.45, 7) is 0. The number of thiophene rings is 1. The first-order chi connectivity index (χ1) is 25.3. The van der Waals surface area contributed by atoms with E-state index in [-0.39, 0.29) is 0 Å². The van der Waals surface area contributed by atoms with Gasteiger partial charge in [0, 0.05) is 59.0 Å². The van der Waals surface area contributed by atoms with Gasteiger partial charge in [-0.25, -0.2) is 4.98 Å². The molecule has 6 aromatic carbocycles. The minimum atomic E-state index is 0.571. The van der Waals surface area contributed by atoms with Crippen molar-refractivity contribution in [3.8, 4) is 34.4 Å². The first kappa shape index (κ1) is 28.2. The Kier molecular flexibility index (Phi) is 6.02. The smallest absolute Gasteiger partial charge is 0.238 e. The van der Waals surface area contributed by atoms with Crippen LogP contribution >= 0.6 is 11.3 Å². The molecule has 238 valence electrons. The Labute approximate surface area is 295 Å². The zero-order chi connectivity index (χ0) is 33.5. The van der Waals surface area contributed by atoms with Gasteiger partial charge in [-0.05, 0) is 60.7 Å². The van der Waals surface area contributed by atoms with Crippen LogP contribution < -0.4 is 0 Å². The number of fused-ring (bicyclic) bond motifs is 9. The molecule has 11 aromatic rings. The summed E-state index contributed by atoms with van der Waals surface area (Å²) >= 11 is 1.81. The third-order valence-electron chi connectivity index (χ3n) is 9.90. The van der Waals surface area contributed by atoms with Crippen LogP contribution in [0, 0.1) is 0 Å². The van der Waals surface area contributed by atoms with E-state index in [2.05, 4.69) is 160 Å². The van der Waals surface area contributed by atoms with Crippen molar-refractivity contribution in [1.29, 1.82) is 0 Å². The lowest BCUT2D eigenvalue weighted by atomic mass is 10.1. The van der Waals surface area contributed by atoms with E-state index < -0.39 is 0 Å². The van der Waals surface area contributed by atoms with E-state index in [1.807, 2.05) is 12.4 Å². The van der Waals surface area contributed by atoms with Crippen LogP contribution in [0.2, 0.25) is 0 Å². The lowest BCUT2D eigenvalue weighted by Gasteiger charge is -2.15. The molecule has 0 amide bonds. The van der Waals surface area contributed by atoms with E-state index in [0.29, 0.717) is 17.6 Å². The zero-order valence-corrected chi connectivity index (χ0v) is 27.9. The number of rotatable bonds is 4. The number of para-hydroxylation sites is 4. The average molecular weight is 671 g/mol.